The molecule has 1 aliphatic rings. The molecular formula is C9H13N3O2. The van der Waals surface area contributed by atoms with Crippen LogP contribution in [0.1, 0.15) is 25.2 Å². The van der Waals surface area contributed by atoms with Crippen LogP contribution in [-0.4, -0.2) is 27.1 Å². The first kappa shape index (κ1) is 9.21. The van der Waals surface area contributed by atoms with Crippen molar-refractivity contribution in [1.82, 2.24) is 15.3 Å². The van der Waals surface area contributed by atoms with Gasteiger partial charge in [0.25, 0.3) is 0 Å². The minimum Gasteiger partial charge on any atom is -0.480 e. The number of carbonyl (C=O) groups is 1. The van der Waals surface area contributed by atoms with Crippen LogP contribution in [-0.2, 0) is 16.8 Å². The number of aliphatic carboxylic acids is 1. The number of carboxylic acids is 1. The smallest absolute Gasteiger partial charge is 0.321 e. The van der Waals surface area contributed by atoms with Gasteiger partial charge in [0.1, 0.15) is 6.04 Å². The van der Waals surface area contributed by atoms with E-state index in [1.165, 1.54) is 0 Å². The van der Waals surface area contributed by atoms with E-state index in [9.17, 15) is 4.79 Å². The number of carboxylic acid groups (broad SMARTS) is 1. The van der Waals surface area contributed by atoms with E-state index in [0.29, 0.717) is 6.42 Å². The van der Waals surface area contributed by atoms with Crippen molar-refractivity contribution in [2.45, 2.75) is 31.8 Å². The number of nitrogens with zero attached hydrogens (tertiary/aromatic N) is 1. The second-order valence-corrected chi connectivity index (χ2v) is 4.09. The molecule has 0 radical (unpaired) electrons. The zero-order chi connectivity index (χ0) is 10.3. The zero-order valence-electron chi connectivity index (χ0n) is 8.16. The SMILES string of the molecule is CC1(C)N[C@H](C(=O)O)Cc2[nH]cnc21. The Morgan fingerprint density at radius 1 is 1.71 bits per heavy atom. The standard InChI is InChI=1S/C9H13N3O2/c1-9(2)7-5(10-4-11-7)3-6(12-9)8(13)14/h4,6,12H,3H2,1-2H3,(H,10,11)(H,13,14)/t6-/m0/s1. The van der Waals surface area contributed by atoms with Crippen LogP contribution in [0.25, 0.3) is 0 Å². The minimum absolute atomic E-state index is 0.378. The van der Waals surface area contributed by atoms with Gasteiger partial charge in [-0.3, -0.25) is 10.1 Å². The quantitative estimate of drug-likeness (QED) is 0.600. The third-order valence-electron chi connectivity index (χ3n) is 2.55. The van der Waals surface area contributed by atoms with E-state index in [2.05, 4.69) is 15.3 Å². The number of fused-ring (bicyclic) bond motifs is 1. The molecule has 0 saturated carbocycles. The molecule has 1 atom stereocenters. The topological polar surface area (TPSA) is 78.0 Å². The van der Waals surface area contributed by atoms with Crippen molar-refractivity contribution >= 4 is 5.97 Å². The van der Waals surface area contributed by atoms with Crippen LogP contribution in [0.2, 0.25) is 0 Å². The summed E-state index contributed by atoms with van der Waals surface area (Å²) in [5, 5.41) is 12.0. The first-order valence-electron chi connectivity index (χ1n) is 4.54. The molecule has 14 heavy (non-hydrogen) atoms. The van der Waals surface area contributed by atoms with Gasteiger partial charge < -0.3 is 10.1 Å². The Labute approximate surface area is 81.5 Å². The predicted octanol–water partition coefficient (Wildman–Crippen LogP) is 0.244. The lowest BCUT2D eigenvalue weighted by atomic mass is 9.90. The highest BCUT2D eigenvalue weighted by Gasteiger charge is 2.37. The largest absolute Gasteiger partial charge is 0.480 e. The van der Waals surface area contributed by atoms with Crippen LogP contribution in [0.5, 0.6) is 0 Å². The van der Waals surface area contributed by atoms with Gasteiger partial charge in [-0.1, -0.05) is 0 Å². The molecule has 1 aromatic heterocycles. The molecule has 0 bridgehead atoms. The fourth-order valence-electron chi connectivity index (χ4n) is 1.92. The first-order chi connectivity index (χ1) is 6.50. The summed E-state index contributed by atoms with van der Waals surface area (Å²) in [4.78, 5) is 18.1. The Hall–Kier alpha value is -1.36. The van der Waals surface area contributed by atoms with Crippen LogP contribution in [0.15, 0.2) is 6.33 Å². The molecule has 0 amide bonds. The number of hydrogen-bond acceptors (Lipinski definition) is 3. The molecule has 2 rings (SSSR count). The maximum absolute atomic E-state index is 10.9. The van der Waals surface area contributed by atoms with Gasteiger partial charge >= 0.3 is 5.97 Å². The maximum atomic E-state index is 10.9. The molecule has 1 aromatic rings. The van der Waals surface area contributed by atoms with Gasteiger partial charge in [0.2, 0.25) is 0 Å². The Morgan fingerprint density at radius 3 is 3.07 bits per heavy atom. The number of imidazole rings is 1. The van der Waals surface area contributed by atoms with Crippen molar-refractivity contribution in [1.29, 1.82) is 0 Å². The highest BCUT2D eigenvalue weighted by molar-refractivity contribution is 5.74. The van der Waals surface area contributed by atoms with Crippen molar-refractivity contribution in [3.05, 3.63) is 17.7 Å². The molecule has 0 aliphatic carbocycles. The summed E-state index contributed by atoms with van der Waals surface area (Å²) >= 11 is 0. The molecule has 0 fully saturated rings. The van der Waals surface area contributed by atoms with E-state index in [1.54, 1.807) is 6.33 Å². The summed E-state index contributed by atoms with van der Waals surface area (Å²) in [5.41, 5.74) is 1.45. The normalized spacial score (nSPS) is 24.3. The highest BCUT2D eigenvalue weighted by atomic mass is 16.4. The van der Waals surface area contributed by atoms with Crippen LogP contribution in [0.3, 0.4) is 0 Å². The second-order valence-electron chi connectivity index (χ2n) is 4.09. The second kappa shape index (κ2) is 2.81. The number of hydrogen-bond donors (Lipinski definition) is 3. The fourth-order valence-corrected chi connectivity index (χ4v) is 1.92. The van der Waals surface area contributed by atoms with Crippen LogP contribution in [0, 0.1) is 0 Å². The Bertz CT molecular complexity index is 370. The lowest BCUT2D eigenvalue weighted by molar-refractivity contribution is -0.140. The number of nitrogens with one attached hydrogen (secondary N) is 2. The highest BCUT2D eigenvalue weighted by Crippen LogP contribution is 2.27. The predicted molar refractivity (Wildman–Crippen MR) is 49.9 cm³/mol. The number of rotatable bonds is 1. The number of H-pyrrole nitrogens is 1. The molecule has 0 unspecified atom stereocenters. The molecule has 1 aliphatic heterocycles. The minimum atomic E-state index is -0.821. The molecule has 76 valence electrons. The fraction of sp³-hybridized carbons (Fsp3) is 0.556. The van der Waals surface area contributed by atoms with E-state index < -0.39 is 12.0 Å². The summed E-state index contributed by atoms with van der Waals surface area (Å²) < 4.78 is 0. The van der Waals surface area contributed by atoms with Gasteiger partial charge in [0.05, 0.1) is 17.6 Å². The van der Waals surface area contributed by atoms with E-state index in [0.717, 1.165) is 11.4 Å². The van der Waals surface area contributed by atoms with Crippen LogP contribution in [0.4, 0.5) is 0 Å². The first-order valence-corrected chi connectivity index (χ1v) is 4.54. The Balaban J connectivity index is 2.38. The van der Waals surface area contributed by atoms with E-state index in [-0.39, 0.29) is 5.54 Å². The van der Waals surface area contributed by atoms with Crippen molar-refractivity contribution in [2.24, 2.45) is 0 Å². The third-order valence-corrected chi connectivity index (χ3v) is 2.55. The van der Waals surface area contributed by atoms with Gasteiger partial charge in [-0.25, -0.2) is 4.98 Å². The number of aromatic nitrogens is 2. The third kappa shape index (κ3) is 1.29. The summed E-state index contributed by atoms with van der Waals surface area (Å²) in [5.74, 6) is -0.821. The zero-order valence-corrected chi connectivity index (χ0v) is 8.16. The van der Waals surface area contributed by atoms with Crippen molar-refractivity contribution in [2.75, 3.05) is 0 Å². The van der Waals surface area contributed by atoms with Gasteiger partial charge in [-0.2, -0.15) is 0 Å². The van der Waals surface area contributed by atoms with Crippen molar-refractivity contribution < 1.29 is 9.90 Å². The lowest BCUT2D eigenvalue weighted by Crippen LogP contribution is -2.52. The van der Waals surface area contributed by atoms with Crippen LogP contribution < -0.4 is 5.32 Å². The van der Waals surface area contributed by atoms with E-state index in [1.807, 2.05) is 13.8 Å². The maximum Gasteiger partial charge on any atom is 0.321 e. The summed E-state index contributed by atoms with van der Waals surface area (Å²) in [6.45, 7) is 3.86. The molecule has 0 spiro atoms. The molecule has 5 heteroatoms. The monoisotopic (exact) mass is 195 g/mol. The molecule has 0 saturated heterocycles. The van der Waals surface area contributed by atoms with E-state index >= 15 is 0 Å². The molecule has 5 nitrogen and oxygen atoms in total. The van der Waals surface area contributed by atoms with Gasteiger partial charge in [0.15, 0.2) is 0 Å². The summed E-state index contributed by atoms with van der Waals surface area (Å²) in [6.07, 6.45) is 2.08. The molecular weight excluding hydrogens is 182 g/mol. The summed E-state index contributed by atoms with van der Waals surface area (Å²) in [7, 11) is 0. The molecule has 2 heterocycles. The van der Waals surface area contributed by atoms with Crippen LogP contribution >= 0.6 is 0 Å². The number of aromatic amines is 1. The van der Waals surface area contributed by atoms with Crippen molar-refractivity contribution in [3.8, 4) is 0 Å². The average molecular weight is 195 g/mol. The summed E-state index contributed by atoms with van der Waals surface area (Å²) in [6, 6.07) is -0.530. The van der Waals surface area contributed by atoms with Gasteiger partial charge in [-0.15, -0.1) is 0 Å². The van der Waals surface area contributed by atoms with Gasteiger partial charge in [0, 0.05) is 12.1 Å². The van der Waals surface area contributed by atoms with E-state index in [4.69, 9.17) is 5.11 Å². The Morgan fingerprint density at radius 2 is 2.43 bits per heavy atom. The molecule has 3 N–H and O–H groups in total. The molecule has 0 aromatic carbocycles. The Kier molecular flexibility index (Phi) is 1.85. The van der Waals surface area contributed by atoms with Gasteiger partial charge in [-0.05, 0) is 13.8 Å². The van der Waals surface area contributed by atoms with Crippen molar-refractivity contribution in [3.63, 3.8) is 0 Å². The lowest BCUT2D eigenvalue weighted by Gasteiger charge is -2.34. The average Bonchev–Trinajstić information content (AvgIpc) is 2.51.